The lowest BCUT2D eigenvalue weighted by Crippen LogP contribution is -2.40. The van der Waals surface area contributed by atoms with E-state index >= 15 is 0 Å². The Morgan fingerprint density at radius 2 is 2.00 bits per heavy atom. The van der Waals surface area contributed by atoms with Crippen LogP contribution in [-0.2, 0) is 9.47 Å². The van der Waals surface area contributed by atoms with Gasteiger partial charge in [0.25, 0.3) is 0 Å². The van der Waals surface area contributed by atoms with Crippen molar-refractivity contribution in [1.82, 2.24) is 5.32 Å². The third-order valence-electron chi connectivity index (χ3n) is 3.04. The minimum atomic E-state index is -0.0536. The zero-order chi connectivity index (χ0) is 9.15. The highest BCUT2D eigenvalue weighted by molar-refractivity contribution is 5.85. The smallest absolute Gasteiger partial charge is 0.116 e. The maximum atomic E-state index is 5.69. The second-order valence-corrected chi connectivity index (χ2v) is 4.27. The molecule has 3 nitrogen and oxygen atoms in total. The monoisotopic (exact) mass is 221 g/mol. The Balaban J connectivity index is 0.000000980. The summed E-state index contributed by atoms with van der Waals surface area (Å²) in [6, 6.07) is 0. The minimum absolute atomic E-state index is 0. The minimum Gasteiger partial charge on any atom is -0.381 e. The van der Waals surface area contributed by atoms with Gasteiger partial charge < -0.3 is 9.47 Å². The van der Waals surface area contributed by atoms with E-state index in [2.05, 4.69) is 12.2 Å². The first-order valence-electron chi connectivity index (χ1n) is 5.25. The van der Waals surface area contributed by atoms with Gasteiger partial charge in [0.1, 0.15) is 5.72 Å². The molecule has 2 saturated heterocycles. The summed E-state index contributed by atoms with van der Waals surface area (Å²) in [7, 11) is 0. The lowest BCUT2D eigenvalue weighted by molar-refractivity contribution is -0.0313. The standard InChI is InChI=1S/C10H19NO2.ClH/c1-10(11-4-7-13-10)8-9-2-5-12-6-3-9;/h9,11H,2-8H2,1H3;1H. The van der Waals surface area contributed by atoms with Crippen LogP contribution < -0.4 is 5.32 Å². The van der Waals surface area contributed by atoms with Gasteiger partial charge in [0.2, 0.25) is 0 Å². The first-order valence-corrected chi connectivity index (χ1v) is 5.25. The van der Waals surface area contributed by atoms with Crippen molar-refractivity contribution in [2.24, 2.45) is 5.92 Å². The van der Waals surface area contributed by atoms with Crippen LogP contribution >= 0.6 is 12.4 Å². The van der Waals surface area contributed by atoms with Crippen LogP contribution in [0, 0.1) is 5.92 Å². The maximum absolute atomic E-state index is 5.69. The van der Waals surface area contributed by atoms with Gasteiger partial charge in [-0.15, -0.1) is 12.4 Å². The maximum Gasteiger partial charge on any atom is 0.116 e. The van der Waals surface area contributed by atoms with E-state index in [0.717, 1.165) is 38.7 Å². The van der Waals surface area contributed by atoms with Crippen molar-refractivity contribution in [1.29, 1.82) is 0 Å². The van der Waals surface area contributed by atoms with Crippen molar-refractivity contribution in [2.45, 2.75) is 31.9 Å². The Bertz CT molecular complexity index is 166. The summed E-state index contributed by atoms with van der Waals surface area (Å²) in [5.41, 5.74) is -0.0536. The quantitative estimate of drug-likeness (QED) is 0.768. The molecule has 1 N–H and O–H groups in total. The molecular formula is C10H20ClNO2. The summed E-state index contributed by atoms with van der Waals surface area (Å²) >= 11 is 0. The van der Waals surface area contributed by atoms with Crippen LogP contribution in [0.15, 0.2) is 0 Å². The summed E-state index contributed by atoms with van der Waals surface area (Å²) in [6.07, 6.45) is 3.53. The van der Waals surface area contributed by atoms with Crippen LogP contribution in [0.1, 0.15) is 26.2 Å². The fourth-order valence-corrected chi connectivity index (χ4v) is 2.28. The van der Waals surface area contributed by atoms with E-state index in [0.29, 0.717) is 0 Å². The number of ether oxygens (including phenoxy) is 2. The largest absolute Gasteiger partial charge is 0.381 e. The molecule has 0 radical (unpaired) electrons. The number of rotatable bonds is 2. The third kappa shape index (κ3) is 3.09. The summed E-state index contributed by atoms with van der Waals surface area (Å²) < 4.78 is 11.0. The second kappa shape index (κ2) is 5.31. The zero-order valence-corrected chi connectivity index (χ0v) is 9.57. The lowest BCUT2D eigenvalue weighted by atomic mass is 9.91. The van der Waals surface area contributed by atoms with Crippen molar-refractivity contribution in [2.75, 3.05) is 26.4 Å². The highest BCUT2D eigenvalue weighted by Crippen LogP contribution is 2.27. The third-order valence-corrected chi connectivity index (χ3v) is 3.04. The summed E-state index contributed by atoms with van der Waals surface area (Å²) in [4.78, 5) is 0. The molecule has 2 rings (SSSR count). The van der Waals surface area contributed by atoms with Gasteiger partial charge in [0.15, 0.2) is 0 Å². The SMILES string of the molecule is CC1(CC2CCOCC2)NCCO1.Cl. The zero-order valence-electron chi connectivity index (χ0n) is 8.75. The van der Waals surface area contributed by atoms with Crippen LogP contribution in [-0.4, -0.2) is 32.1 Å². The number of nitrogens with one attached hydrogen (secondary N) is 1. The van der Waals surface area contributed by atoms with Crippen molar-refractivity contribution in [3.63, 3.8) is 0 Å². The molecule has 0 aromatic heterocycles. The average molecular weight is 222 g/mol. The molecular weight excluding hydrogens is 202 g/mol. The fraction of sp³-hybridized carbons (Fsp3) is 1.00. The van der Waals surface area contributed by atoms with Gasteiger partial charge in [-0.05, 0) is 32.1 Å². The van der Waals surface area contributed by atoms with Gasteiger partial charge in [-0.2, -0.15) is 0 Å². The summed E-state index contributed by atoms with van der Waals surface area (Å²) in [5, 5.41) is 3.42. The van der Waals surface area contributed by atoms with E-state index in [1.807, 2.05) is 0 Å². The average Bonchev–Trinajstić information content (AvgIpc) is 2.54. The highest BCUT2D eigenvalue weighted by atomic mass is 35.5. The molecule has 0 amide bonds. The van der Waals surface area contributed by atoms with Crippen LogP contribution in [0.3, 0.4) is 0 Å². The Labute approximate surface area is 91.9 Å². The summed E-state index contributed by atoms with van der Waals surface area (Å²) in [6.45, 7) is 5.89. The Morgan fingerprint density at radius 3 is 2.57 bits per heavy atom. The number of hydrogen-bond donors (Lipinski definition) is 1. The molecule has 0 spiro atoms. The molecule has 1 unspecified atom stereocenters. The van der Waals surface area contributed by atoms with E-state index < -0.39 is 0 Å². The van der Waals surface area contributed by atoms with Gasteiger partial charge >= 0.3 is 0 Å². The number of halogens is 1. The molecule has 2 aliphatic rings. The molecule has 0 saturated carbocycles. The molecule has 84 valence electrons. The van der Waals surface area contributed by atoms with Gasteiger partial charge in [0.05, 0.1) is 6.61 Å². The van der Waals surface area contributed by atoms with Gasteiger partial charge in [-0.25, -0.2) is 0 Å². The van der Waals surface area contributed by atoms with E-state index in [1.54, 1.807) is 0 Å². The van der Waals surface area contributed by atoms with Crippen molar-refractivity contribution in [3.8, 4) is 0 Å². The van der Waals surface area contributed by atoms with E-state index in [1.165, 1.54) is 12.8 Å². The number of hydrogen-bond acceptors (Lipinski definition) is 3. The summed E-state index contributed by atoms with van der Waals surface area (Å²) in [5.74, 6) is 0.782. The molecule has 4 heteroatoms. The Hall–Kier alpha value is 0.170. The van der Waals surface area contributed by atoms with E-state index in [9.17, 15) is 0 Å². The van der Waals surface area contributed by atoms with Gasteiger partial charge in [0, 0.05) is 19.8 Å². The van der Waals surface area contributed by atoms with E-state index in [-0.39, 0.29) is 18.1 Å². The van der Waals surface area contributed by atoms with Crippen molar-refractivity contribution >= 4 is 12.4 Å². The first-order chi connectivity index (χ1) is 6.29. The molecule has 14 heavy (non-hydrogen) atoms. The topological polar surface area (TPSA) is 30.5 Å². The first kappa shape index (κ1) is 12.2. The predicted octanol–water partition coefficient (Wildman–Crippen LogP) is 1.56. The van der Waals surface area contributed by atoms with Gasteiger partial charge in [-0.3, -0.25) is 5.32 Å². The molecule has 2 heterocycles. The fourth-order valence-electron chi connectivity index (χ4n) is 2.28. The Morgan fingerprint density at radius 1 is 1.29 bits per heavy atom. The molecule has 2 fully saturated rings. The molecule has 0 bridgehead atoms. The van der Waals surface area contributed by atoms with E-state index in [4.69, 9.17) is 9.47 Å². The normalized spacial score (nSPS) is 34.1. The van der Waals surface area contributed by atoms with Crippen molar-refractivity contribution < 1.29 is 9.47 Å². The predicted molar refractivity (Wildman–Crippen MR) is 57.8 cm³/mol. The Kier molecular flexibility index (Phi) is 4.64. The van der Waals surface area contributed by atoms with Crippen LogP contribution in [0.5, 0.6) is 0 Å². The van der Waals surface area contributed by atoms with Gasteiger partial charge in [-0.1, -0.05) is 0 Å². The highest BCUT2D eigenvalue weighted by Gasteiger charge is 2.32. The van der Waals surface area contributed by atoms with Crippen LogP contribution in [0.2, 0.25) is 0 Å². The molecule has 0 aromatic carbocycles. The van der Waals surface area contributed by atoms with Crippen LogP contribution in [0.25, 0.3) is 0 Å². The molecule has 1 atom stereocenters. The van der Waals surface area contributed by atoms with Crippen molar-refractivity contribution in [3.05, 3.63) is 0 Å². The molecule has 2 aliphatic heterocycles. The van der Waals surface area contributed by atoms with Crippen LogP contribution in [0.4, 0.5) is 0 Å². The lowest BCUT2D eigenvalue weighted by Gasteiger charge is -2.31. The second-order valence-electron chi connectivity index (χ2n) is 4.27. The molecule has 0 aromatic rings. The molecule has 0 aliphatic carbocycles.